The Morgan fingerprint density at radius 3 is 2.77 bits per heavy atom. The Kier molecular flexibility index (Phi) is 5.34. The van der Waals surface area contributed by atoms with Gasteiger partial charge in [-0.05, 0) is 36.0 Å². The number of nitrogens with one attached hydrogen (secondary N) is 1. The van der Waals surface area contributed by atoms with Gasteiger partial charge in [-0.2, -0.15) is 15.0 Å². The first-order valence-electron chi connectivity index (χ1n) is 9.54. The second-order valence-electron chi connectivity index (χ2n) is 7.17. The highest BCUT2D eigenvalue weighted by Crippen LogP contribution is 2.36. The van der Waals surface area contributed by atoms with Crippen molar-refractivity contribution in [2.75, 3.05) is 10.2 Å². The zero-order valence-corrected chi connectivity index (χ0v) is 16.4. The molecule has 10 heteroatoms. The third-order valence-electron chi connectivity index (χ3n) is 4.97. The molecule has 0 radical (unpaired) electrons. The second kappa shape index (κ2) is 8.09. The molecular weight excluding hydrogens is 383 g/mol. The minimum absolute atomic E-state index is 0.112. The molecule has 1 aliphatic heterocycles. The van der Waals surface area contributed by atoms with Gasteiger partial charge >= 0.3 is 7.12 Å². The maximum absolute atomic E-state index is 11.8. The summed E-state index contributed by atoms with van der Waals surface area (Å²) < 4.78 is 0. The molecule has 1 aliphatic rings. The molecule has 5 N–H and O–H groups in total. The van der Waals surface area contributed by atoms with Crippen molar-refractivity contribution >= 4 is 36.1 Å². The highest BCUT2D eigenvalue weighted by Gasteiger charge is 2.30. The van der Waals surface area contributed by atoms with E-state index in [1.165, 1.54) is 5.56 Å². The highest BCUT2D eigenvalue weighted by atomic mass is 16.4. The molecule has 1 atom stereocenters. The second-order valence-corrected chi connectivity index (χ2v) is 7.17. The van der Waals surface area contributed by atoms with Gasteiger partial charge in [0.1, 0.15) is 0 Å². The molecule has 1 unspecified atom stereocenters. The van der Waals surface area contributed by atoms with E-state index in [0.29, 0.717) is 18.0 Å². The molecule has 0 spiro atoms. The lowest BCUT2D eigenvalue weighted by molar-refractivity contribution is 0.0990. The molecule has 0 saturated carbocycles. The molecule has 1 aromatic heterocycles. The Labute approximate surface area is 173 Å². The average molecular weight is 404 g/mol. The predicted octanol–water partition coefficient (Wildman–Crippen LogP) is 0.345. The number of carbonyl (C=O) groups is 1. The normalized spacial score (nSPS) is 15.0. The summed E-state index contributed by atoms with van der Waals surface area (Å²) in [7, 11) is -1.55. The molecule has 0 fully saturated rings. The van der Waals surface area contributed by atoms with Crippen LogP contribution in [0.4, 0.5) is 17.6 Å². The van der Waals surface area contributed by atoms with Crippen LogP contribution in [-0.4, -0.2) is 44.1 Å². The topological polar surface area (TPSA) is 137 Å². The van der Waals surface area contributed by atoms with Gasteiger partial charge in [0.25, 0.3) is 5.91 Å². The van der Waals surface area contributed by atoms with E-state index in [9.17, 15) is 14.8 Å². The first kappa shape index (κ1) is 19.8. The summed E-state index contributed by atoms with van der Waals surface area (Å²) in [5.74, 6) is -0.315. The molecule has 4 rings (SSSR count). The number of para-hydroxylation sites is 1. The summed E-state index contributed by atoms with van der Waals surface area (Å²) in [5.41, 5.74) is 8.79. The van der Waals surface area contributed by atoms with Crippen LogP contribution < -0.4 is 21.4 Å². The van der Waals surface area contributed by atoms with Crippen molar-refractivity contribution in [1.82, 2.24) is 15.0 Å². The number of anilines is 3. The van der Waals surface area contributed by atoms with Gasteiger partial charge in [0.2, 0.25) is 17.7 Å². The van der Waals surface area contributed by atoms with Crippen molar-refractivity contribution in [1.29, 1.82) is 0 Å². The van der Waals surface area contributed by atoms with Crippen LogP contribution in [0, 0.1) is 0 Å². The van der Waals surface area contributed by atoms with Crippen molar-refractivity contribution in [3.8, 4) is 0 Å². The van der Waals surface area contributed by atoms with Crippen molar-refractivity contribution in [3.63, 3.8) is 0 Å². The van der Waals surface area contributed by atoms with Gasteiger partial charge in [0, 0.05) is 18.3 Å². The number of benzene rings is 2. The van der Waals surface area contributed by atoms with Gasteiger partial charge in [0.05, 0.1) is 0 Å². The summed E-state index contributed by atoms with van der Waals surface area (Å²) >= 11 is 0. The lowest BCUT2D eigenvalue weighted by atomic mass is 9.80. The quantitative estimate of drug-likeness (QED) is 0.432. The summed E-state index contributed by atoms with van der Waals surface area (Å²) in [4.78, 5) is 26.7. The fourth-order valence-corrected chi connectivity index (χ4v) is 3.58. The van der Waals surface area contributed by atoms with Gasteiger partial charge in [0.15, 0.2) is 0 Å². The Bertz CT molecular complexity index is 1090. The van der Waals surface area contributed by atoms with Crippen LogP contribution in [0.15, 0.2) is 48.5 Å². The average Bonchev–Trinajstić information content (AvgIpc) is 3.08. The molecule has 0 aliphatic carbocycles. The highest BCUT2D eigenvalue weighted by molar-refractivity contribution is 6.58. The van der Waals surface area contributed by atoms with E-state index in [1.807, 2.05) is 29.2 Å². The van der Waals surface area contributed by atoms with Crippen LogP contribution in [0.1, 0.15) is 28.7 Å². The van der Waals surface area contributed by atoms with Gasteiger partial charge in [-0.3, -0.25) is 4.79 Å². The molecule has 0 bridgehead atoms. The molecule has 9 nitrogen and oxygen atoms in total. The Balaban J connectivity index is 1.64. The van der Waals surface area contributed by atoms with Crippen molar-refractivity contribution in [2.45, 2.75) is 25.9 Å². The smallest absolute Gasteiger partial charge is 0.423 e. The molecule has 2 heterocycles. The van der Waals surface area contributed by atoms with Crippen molar-refractivity contribution < 1.29 is 14.8 Å². The maximum Gasteiger partial charge on any atom is 0.488 e. The minimum atomic E-state index is -1.55. The Morgan fingerprint density at radius 1 is 1.20 bits per heavy atom. The fraction of sp³-hybridized carbons (Fsp3) is 0.200. The number of fused-ring (bicyclic) bond motifs is 1. The van der Waals surface area contributed by atoms with Crippen molar-refractivity contribution in [3.05, 3.63) is 65.5 Å². The number of carbonyl (C=O) groups excluding carboxylic acids is 1. The van der Waals surface area contributed by atoms with E-state index >= 15 is 0 Å². The van der Waals surface area contributed by atoms with Gasteiger partial charge in [-0.25, -0.2) is 0 Å². The summed E-state index contributed by atoms with van der Waals surface area (Å²) in [5, 5.41) is 21.7. The van der Waals surface area contributed by atoms with E-state index in [4.69, 9.17) is 5.73 Å². The van der Waals surface area contributed by atoms with Crippen LogP contribution in [0.2, 0.25) is 0 Å². The largest absolute Gasteiger partial charge is 0.488 e. The number of amides is 1. The van der Waals surface area contributed by atoms with Crippen molar-refractivity contribution in [2.24, 2.45) is 5.73 Å². The lowest BCUT2D eigenvalue weighted by Gasteiger charge is -2.23. The molecule has 2 aromatic carbocycles. The summed E-state index contributed by atoms with van der Waals surface area (Å²) in [6.07, 6.45) is 0.840. The third kappa shape index (κ3) is 3.96. The number of nitrogens with two attached hydrogens (primary N) is 1. The van der Waals surface area contributed by atoms with E-state index in [0.717, 1.165) is 17.7 Å². The van der Waals surface area contributed by atoms with E-state index in [1.54, 1.807) is 18.2 Å². The van der Waals surface area contributed by atoms with Gasteiger partial charge in [-0.15, -0.1) is 0 Å². The number of hydrogen-bond donors (Lipinski definition) is 4. The van der Waals surface area contributed by atoms with Crippen LogP contribution in [-0.2, 0) is 13.0 Å². The number of nitrogens with zero attached hydrogens (tertiary/aromatic N) is 4. The van der Waals surface area contributed by atoms with Crippen LogP contribution in [0.5, 0.6) is 0 Å². The lowest BCUT2D eigenvalue weighted by Crippen LogP contribution is -2.30. The molecule has 30 heavy (non-hydrogen) atoms. The van der Waals surface area contributed by atoms with E-state index < -0.39 is 13.0 Å². The monoisotopic (exact) mass is 404 g/mol. The number of primary amides is 1. The Hall–Kier alpha value is -3.50. The number of hydrogen-bond acceptors (Lipinski definition) is 8. The van der Waals surface area contributed by atoms with Gasteiger partial charge in [-0.1, -0.05) is 42.5 Å². The maximum atomic E-state index is 11.8. The molecule has 152 valence electrons. The van der Waals surface area contributed by atoms with Crippen LogP contribution >= 0.6 is 0 Å². The zero-order valence-electron chi connectivity index (χ0n) is 16.4. The SMILES string of the molecule is CC1Cc2ccccc2N1c1nc(NCc2cccc(B(O)O)c2)nc(C(N)=O)n1. The molecule has 0 saturated heterocycles. The molecule has 3 aromatic rings. The first-order chi connectivity index (χ1) is 14.4. The first-order valence-corrected chi connectivity index (χ1v) is 9.54. The predicted molar refractivity (Wildman–Crippen MR) is 114 cm³/mol. The summed E-state index contributed by atoms with van der Waals surface area (Å²) in [6.45, 7) is 2.38. The van der Waals surface area contributed by atoms with Crippen LogP contribution in [0.25, 0.3) is 0 Å². The standard InChI is InChI=1S/C20H21BN6O3/c1-12-9-14-6-2-3-8-16(14)27(12)20-25-18(17(22)28)24-19(26-20)23-11-13-5-4-7-15(10-13)21(29)30/h2-8,10,12,29-30H,9,11H2,1H3,(H2,22,28)(H,23,24,25,26). The van der Waals surface area contributed by atoms with Gasteiger partial charge < -0.3 is 26.0 Å². The van der Waals surface area contributed by atoms with E-state index in [-0.39, 0.29) is 17.8 Å². The third-order valence-corrected chi connectivity index (χ3v) is 4.97. The molecular formula is C20H21BN6O3. The van der Waals surface area contributed by atoms with E-state index in [2.05, 4.69) is 33.3 Å². The summed E-state index contributed by atoms with van der Waals surface area (Å²) in [6, 6.07) is 14.9. The number of aromatic nitrogens is 3. The van der Waals surface area contributed by atoms with Crippen LogP contribution in [0.3, 0.4) is 0 Å². The Morgan fingerprint density at radius 2 is 2.00 bits per heavy atom. The zero-order chi connectivity index (χ0) is 21.3. The minimum Gasteiger partial charge on any atom is -0.423 e. The number of rotatable bonds is 6. The fourth-order valence-electron chi connectivity index (χ4n) is 3.58. The molecule has 1 amide bonds.